The first kappa shape index (κ1) is 15.3. The number of para-hydroxylation sites is 1. The van der Waals surface area contributed by atoms with E-state index in [1.165, 1.54) is 6.08 Å². The number of carbonyl (C=O) groups is 1. The number of benzene rings is 2. The first-order valence-electron chi connectivity index (χ1n) is 6.70. The molecule has 0 aliphatic rings. The quantitative estimate of drug-likeness (QED) is 0.626. The molecule has 0 unspecified atom stereocenters. The summed E-state index contributed by atoms with van der Waals surface area (Å²) >= 11 is 0. The summed E-state index contributed by atoms with van der Waals surface area (Å²) in [4.78, 5) is 11.7. The Morgan fingerprint density at radius 1 is 1.18 bits per heavy atom. The number of rotatable bonds is 5. The molecule has 0 heterocycles. The molecule has 0 aromatic heterocycles. The van der Waals surface area contributed by atoms with Gasteiger partial charge in [-0.1, -0.05) is 30.3 Å². The van der Waals surface area contributed by atoms with Gasteiger partial charge in [-0.3, -0.25) is 0 Å². The van der Waals surface area contributed by atoms with E-state index in [1.807, 2.05) is 30.3 Å². The van der Waals surface area contributed by atoms with Gasteiger partial charge in [0.05, 0.1) is 18.7 Å². The van der Waals surface area contributed by atoms with Crippen LogP contribution >= 0.6 is 0 Å². The largest absolute Gasteiger partial charge is 0.496 e. The van der Waals surface area contributed by atoms with Gasteiger partial charge in [-0.05, 0) is 29.8 Å². The maximum atomic E-state index is 11.7. The molecule has 110 valence electrons. The van der Waals surface area contributed by atoms with Crippen LogP contribution in [0.1, 0.15) is 16.7 Å². The molecular formula is C18H15NO3. The third-order valence-electron chi connectivity index (χ3n) is 3.00. The molecule has 0 fully saturated rings. The lowest BCUT2D eigenvalue weighted by Crippen LogP contribution is -2.00. The second-order valence-electron chi connectivity index (χ2n) is 4.49. The minimum atomic E-state index is -0.435. The Bertz CT molecular complexity index is 712. The normalized spacial score (nSPS) is 10.2. The van der Waals surface area contributed by atoms with Gasteiger partial charge in [0.15, 0.2) is 0 Å². The molecule has 0 aliphatic carbocycles. The molecule has 2 rings (SSSR count). The lowest BCUT2D eigenvalue weighted by atomic mass is 10.1. The number of methoxy groups -OCH3 is 1. The molecule has 22 heavy (non-hydrogen) atoms. The van der Waals surface area contributed by atoms with E-state index >= 15 is 0 Å². The summed E-state index contributed by atoms with van der Waals surface area (Å²) in [5, 5.41) is 8.71. The van der Waals surface area contributed by atoms with Crippen LogP contribution in [0.4, 0.5) is 0 Å². The third kappa shape index (κ3) is 4.22. The number of esters is 1. The molecule has 4 nitrogen and oxygen atoms in total. The maximum Gasteiger partial charge on any atom is 0.331 e. The highest BCUT2D eigenvalue weighted by atomic mass is 16.5. The molecule has 2 aromatic rings. The fourth-order valence-electron chi connectivity index (χ4n) is 1.84. The lowest BCUT2D eigenvalue weighted by Gasteiger charge is -2.04. The van der Waals surface area contributed by atoms with Crippen LogP contribution in [0.3, 0.4) is 0 Å². The zero-order valence-electron chi connectivity index (χ0n) is 12.2. The number of nitrogens with zero attached hydrogens (tertiary/aromatic N) is 1. The fraction of sp³-hybridized carbons (Fsp3) is 0.111. The summed E-state index contributed by atoms with van der Waals surface area (Å²) in [6.07, 6.45) is 3.02. The topological polar surface area (TPSA) is 59.3 Å². The number of hydrogen-bond acceptors (Lipinski definition) is 4. The summed E-state index contributed by atoms with van der Waals surface area (Å²) in [5.41, 5.74) is 2.21. The smallest absolute Gasteiger partial charge is 0.331 e. The van der Waals surface area contributed by atoms with Crippen molar-refractivity contribution in [3.63, 3.8) is 0 Å². The van der Waals surface area contributed by atoms with Crippen LogP contribution in [0.5, 0.6) is 5.75 Å². The summed E-state index contributed by atoms with van der Waals surface area (Å²) in [7, 11) is 1.58. The van der Waals surface area contributed by atoms with Crippen molar-refractivity contribution in [2.45, 2.75) is 6.61 Å². The highest BCUT2D eigenvalue weighted by molar-refractivity contribution is 5.87. The molecule has 0 saturated carbocycles. The first-order chi connectivity index (χ1) is 10.7. The standard InChI is InChI=1S/C18H15NO3/c1-21-17-5-3-2-4-16(17)10-11-18(20)22-13-15-8-6-14(12-19)7-9-15/h2-11H,13H2,1H3/b11-10+. The molecule has 0 bridgehead atoms. The van der Waals surface area contributed by atoms with E-state index in [2.05, 4.69) is 0 Å². The van der Waals surface area contributed by atoms with Crippen molar-refractivity contribution in [3.05, 3.63) is 71.3 Å². The zero-order chi connectivity index (χ0) is 15.8. The number of hydrogen-bond donors (Lipinski definition) is 0. The van der Waals surface area contributed by atoms with Gasteiger partial charge in [0.25, 0.3) is 0 Å². The van der Waals surface area contributed by atoms with Crippen molar-refractivity contribution in [3.8, 4) is 11.8 Å². The molecule has 0 aliphatic heterocycles. The molecule has 0 radical (unpaired) electrons. The van der Waals surface area contributed by atoms with Crippen LogP contribution in [-0.4, -0.2) is 13.1 Å². The second kappa shape index (κ2) is 7.65. The number of nitriles is 1. The Morgan fingerprint density at radius 2 is 1.91 bits per heavy atom. The highest BCUT2D eigenvalue weighted by Gasteiger charge is 2.01. The van der Waals surface area contributed by atoms with Crippen molar-refractivity contribution in [2.24, 2.45) is 0 Å². The lowest BCUT2D eigenvalue weighted by molar-refractivity contribution is -0.138. The van der Waals surface area contributed by atoms with E-state index in [4.69, 9.17) is 14.7 Å². The average molecular weight is 293 g/mol. The Hall–Kier alpha value is -3.06. The van der Waals surface area contributed by atoms with Gasteiger partial charge < -0.3 is 9.47 Å². The zero-order valence-corrected chi connectivity index (χ0v) is 12.2. The van der Waals surface area contributed by atoms with Crippen molar-refractivity contribution in [1.29, 1.82) is 5.26 Å². The van der Waals surface area contributed by atoms with Gasteiger partial charge in [-0.25, -0.2) is 4.79 Å². The minimum Gasteiger partial charge on any atom is -0.496 e. The number of ether oxygens (including phenoxy) is 2. The van der Waals surface area contributed by atoms with E-state index in [9.17, 15) is 4.79 Å². The Labute approximate surface area is 129 Å². The van der Waals surface area contributed by atoms with Gasteiger partial charge in [-0.2, -0.15) is 5.26 Å². The van der Waals surface area contributed by atoms with Gasteiger partial charge in [0.1, 0.15) is 12.4 Å². The molecule has 0 amide bonds. The monoisotopic (exact) mass is 293 g/mol. The number of carbonyl (C=O) groups excluding carboxylic acids is 1. The molecule has 0 N–H and O–H groups in total. The van der Waals surface area contributed by atoms with Crippen LogP contribution in [0.2, 0.25) is 0 Å². The molecule has 0 saturated heterocycles. The van der Waals surface area contributed by atoms with Crippen LogP contribution in [0, 0.1) is 11.3 Å². The van der Waals surface area contributed by atoms with E-state index in [0.29, 0.717) is 11.3 Å². The molecule has 0 atom stereocenters. The summed E-state index contributed by atoms with van der Waals surface area (Å²) in [6, 6.07) is 16.3. The molecule has 2 aromatic carbocycles. The van der Waals surface area contributed by atoms with Crippen LogP contribution in [0.15, 0.2) is 54.6 Å². The average Bonchev–Trinajstić information content (AvgIpc) is 2.58. The van der Waals surface area contributed by atoms with E-state index < -0.39 is 5.97 Å². The summed E-state index contributed by atoms with van der Waals surface area (Å²) < 4.78 is 10.3. The van der Waals surface area contributed by atoms with Gasteiger partial charge in [0, 0.05) is 11.6 Å². The van der Waals surface area contributed by atoms with E-state index in [0.717, 1.165) is 11.1 Å². The molecule has 0 spiro atoms. The predicted molar refractivity (Wildman–Crippen MR) is 83.0 cm³/mol. The van der Waals surface area contributed by atoms with Gasteiger partial charge in [0.2, 0.25) is 0 Å². The van der Waals surface area contributed by atoms with Crippen molar-refractivity contribution < 1.29 is 14.3 Å². The second-order valence-corrected chi connectivity index (χ2v) is 4.49. The minimum absolute atomic E-state index is 0.167. The van der Waals surface area contributed by atoms with Crippen LogP contribution in [0.25, 0.3) is 6.08 Å². The highest BCUT2D eigenvalue weighted by Crippen LogP contribution is 2.18. The third-order valence-corrected chi connectivity index (χ3v) is 3.00. The fourth-order valence-corrected chi connectivity index (χ4v) is 1.84. The van der Waals surface area contributed by atoms with Crippen LogP contribution < -0.4 is 4.74 Å². The Morgan fingerprint density at radius 3 is 2.59 bits per heavy atom. The van der Waals surface area contributed by atoms with Crippen molar-refractivity contribution >= 4 is 12.0 Å². The van der Waals surface area contributed by atoms with E-state index in [-0.39, 0.29) is 6.61 Å². The summed E-state index contributed by atoms with van der Waals surface area (Å²) in [6.45, 7) is 0.167. The van der Waals surface area contributed by atoms with Gasteiger partial charge in [-0.15, -0.1) is 0 Å². The van der Waals surface area contributed by atoms with Crippen LogP contribution in [-0.2, 0) is 16.1 Å². The van der Waals surface area contributed by atoms with Gasteiger partial charge >= 0.3 is 5.97 Å². The van der Waals surface area contributed by atoms with Crippen molar-refractivity contribution in [2.75, 3.05) is 7.11 Å². The molecule has 4 heteroatoms. The first-order valence-corrected chi connectivity index (χ1v) is 6.70. The Balaban J connectivity index is 1.92. The maximum absolute atomic E-state index is 11.7. The SMILES string of the molecule is COc1ccccc1/C=C/C(=O)OCc1ccc(C#N)cc1. The predicted octanol–water partition coefficient (Wildman–Crippen LogP) is 3.32. The van der Waals surface area contributed by atoms with Crippen molar-refractivity contribution in [1.82, 2.24) is 0 Å². The molecular weight excluding hydrogens is 278 g/mol. The Kier molecular flexibility index (Phi) is 5.33. The summed E-state index contributed by atoms with van der Waals surface area (Å²) in [5.74, 6) is 0.258. The van der Waals surface area contributed by atoms with E-state index in [1.54, 1.807) is 37.5 Å².